The van der Waals surface area contributed by atoms with Crippen molar-refractivity contribution in [2.75, 3.05) is 7.11 Å². The highest BCUT2D eigenvalue weighted by atomic mass is 19.1. The van der Waals surface area contributed by atoms with Gasteiger partial charge in [-0.1, -0.05) is 6.07 Å². The molecule has 1 rings (SSSR count). The Morgan fingerprint density at radius 3 is 2.53 bits per heavy atom. The molecule has 5 nitrogen and oxygen atoms in total. The Balaban J connectivity index is 3.39. The second-order valence-electron chi connectivity index (χ2n) is 2.79. The number of nitrogens with two attached hydrogens (primary N) is 1. The van der Waals surface area contributed by atoms with Crippen LogP contribution < -0.4 is 15.9 Å². The lowest BCUT2D eigenvalue weighted by molar-refractivity contribution is 0.0995. The number of hydrogen-bond acceptors (Lipinski definition) is 4. The molecule has 1 aromatic rings. The van der Waals surface area contributed by atoms with Gasteiger partial charge >= 0.3 is 7.12 Å². The van der Waals surface area contributed by atoms with Gasteiger partial charge in [-0.05, 0) is 6.07 Å². The Labute approximate surface area is 85.4 Å². The number of halogens is 1. The molecular weight excluding hydrogens is 204 g/mol. The summed E-state index contributed by atoms with van der Waals surface area (Å²) >= 11 is 0. The molecule has 1 aromatic carbocycles. The lowest BCUT2D eigenvalue weighted by atomic mass is 9.79. The number of ether oxygens (including phenoxy) is 1. The molecule has 7 heteroatoms. The van der Waals surface area contributed by atoms with Crippen molar-refractivity contribution in [3.63, 3.8) is 0 Å². The Hall–Kier alpha value is -1.60. The van der Waals surface area contributed by atoms with Crippen LogP contribution in [0.25, 0.3) is 0 Å². The Bertz CT molecular complexity index is 396. The van der Waals surface area contributed by atoms with Crippen molar-refractivity contribution in [3.8, 4) is 5.75 Å². The summed E-state index contributed by atoms with van der Waals surface area (Å²) in [7, 11) is -0.730. The predicted molar refractivity (Wildman–Crippen MR) is 51.3 cm³/mol. The molecule has 0 fully saturated rings. The molecule has 0 aliphatic carbocycles. The van der Waals surface area contributed by atoms with Crippen molar-refractivity contribution in [3.05, 3.63) is 23.5 Å². The molecule has 0 radical (unpaired) electrons. The van der Waals surface area contributed by atoms with Crippen LogP contribution in [0, 0.1) is 5.82 Å². The fourth-order valence-electron chi connectivity index (χ4n) is 1.17. The van der Waals surface area contributed by atoms with E-state index in [9.17, 15) is 9.18 Å². The van der Waals surface area contributed by atoms with Gasteiger partial charge in [0.15, 0.2) is 11.6 Å². The summed E-state index contributed by atoms with van der Waals surface area (Å²) in [6, 6.07) is 2.22. The first-order valence-corrected chi connectivity index (χ1v) is 4.01. The standard InChI is InChI=1S/C8H9BFNO4/c1-15-7-5(9(13)14)3-2-4(6(7)10)8(11)12/h2-3,13-14H,1H3,(H2,11,12). The van der Waals surface area contributed by atoms with Gasteiger partial charge in [-0.2, -0.15) is 0 Å². The summed E-state index contributed by atoms with van der Waals surface area (Å²) in [6.45, 7) is 0. The first-order chi connectivity index (χ1) is 6.99. The fourth-order valence-corrected chi connectivity index (χ4v) is 1.17. The molecule has 80 valence electrons. The number of carbonyl (C=O) groups excluding carboxylic acids is 1. The molecule has 0 atom stereocenters. The summed E-state index contributed by atoms with van der Waals surface area (Å²) in [5, 5.41) is 17.8. The van der Waals surface area contributed by atoms with E-state index in [1.165, 1.54) is 0 Å². The molecule has 0 unspecified atom stereocenters. The summed E-state index contributed by atoms with van der Waals surface area (Å²) in [6.07, 6.45) is 0. The summed E-state index contributed by atoms with van der Waals surface area (Å²) < 4.78 is 18.1. The maximum atomic E-state index is 13.5. The van der Waals surface area contributed by atoms with Gasteiger partial charge in [0.25, 0.3) is 5.91 Å². The van der Waals surface area contributed by atoms with Crippen molar-refractivity contribution >= 4 is 18.5 Å². The third-order valence-corrected chi connectivity index (χ3v) is 1.88. The molecule has 0 spiro atoms. The highest BCUT2D eigenvalue weighted by Crippen LogP contribution is 2.18. The van der Waals surface area contributed by atoms with Gasteiger partial charge in [0.1, 0.15) is 0 Å². The zero-order valence-electron chi connectivity index (χ0n) is 7.90. The third kappa shape index (κ3) is 2.08. The van der Waals surface area contributed by atoms with E-state index in [-0.39, 0.29) is 11.0 Å². The summed E-state index contributed by atoms with van der Waals surface area (Å²) in [4.78, 5) is 10.8. The number of amides is 1. The minimum Gasteiger partial charge on any atom is -0.494 e. The van der Waals surface area contributed by atoms with E-state index in [1.807, 2.05) is 0 Å². The quantitative estimate of drug-likeness (QED) is 0.539. The summed E-state index contributed by atoms with van der Waals surface area (Å²) in [5.74, 6) is -2.36. The lowest BCUT2D eigenvalue weighted by Crippen LogP contribution is -2.32. The van der Waals surface area contributed by atoms with Crippen LogP contribution in [0.2, 0.25) is 0 Å². The van der Waals surface area contributed by atoms with Gasteiger partial charge < -0.3 is 20.5 Å². The molecule has 15 heavy (non-hydrogen) atoms. The molecule has 0 aliphatic rings. The van der Waals surface area contributed by atoms with E-state index < -0.39 is 24.6 Å². The van der Waals surface area contributed by atoms with Crippen LogP contribution >= 0.6 is 0 Å². The monoisotopic (exact) mass is 213 g/mol. The number of carbonyl (C=O) groups is 1. The Morgan fingerprint density at radius 1 is 1.53 bits per heavy atom. The van der Waals surface area contributed by atoms with Crippen molar-refractivity contribution in [2.24, 2.45) is 5.73 Å². The SMILES string of the molecule is COc1c(B(O)O)ccc(C(N)=O)c1F. The molecule has 0 saturated carbocycles. The second-order valence-corrected chi connectivity index (χ2v) is 2.79. The Morgan fingerprint density at radius 2 is 2.13 bits per heavy atom. The predicted octanol–water partition coefficient (Wildman–Crippen LogP) is -1.39. The van der Waals surface area contributed by atoms with Gasteiger partial charge in [-0.3, -0.25) is 4.79 Å². The number of benzene rings is 1. The van der Waals surface area contributed by atoms with Crippen LogP contribution in [0.5, 0.6) is 5.75 Å². The first kappa shape index (κ1) is 11.5. The number of hydrogen-bond donors (Lipinski definition) is 3. The molecule has 0 heterocycles. The molecule has 0 aromatic heterocycles. The number of methoxy groups -OCH3 is 1. The molecule has 0 saturated heterocycles. The van der Waals surface area contributed by atoms with Gasteiger partial charge in [0, 0.05) is 5.46 Å². The highest BCUT2D eigenvalue weighted by molar-refractivity contribution is 6.59. The zero-order chi connectivity index (χ0) is 11.6. The largest absolute Gasteiger partial charge is 0.494 e. The van der Waals surface area contributed by atoms with Gasteiger partial charge in [0.2, 0.25) is 0 Å². The van der Waals surface area contributed by atoms with Crippen molar-refractivity contribution in [2.45, 2.75) is 0 Å². The van der Waals surface area contributed by atoms with E-state index in [4.69, 9.17) is 15.8 Å². The van der Waals surface area contributed by atoms with Crippen LogP contribution in [-0.4, -0.2) is 30.2 Å². The summed E-state index contributed by atoms with van der Waals surface area (Å²) in [5.41, 5.74) is 4.37. The maximum absolute atomic E-state index is 13.5. The van der Waals surface area contributed by atoms with Crippen molar-refractivity contribution in [1.29, 1.82) is 0 Å². The molecule has 0 aliphatic heterocycles. The van der Waals surface area contributed by atoms with E-state index in [0.29, 0.717) is 0 Å². The van der Waals surface area contributed by atoms with Gasteiger partial charge in [-0.15, -0.1) is 0 Å². The van der Waals surface area contributed by atoms with Crippen LogP contribution in [-0.2, 0) is 0 Å². The van der Waals surface area contributed by atoms with Crippen LogP contribution in [0.3, 0.4) is 0 Å². The minimum absolute atomic E-state index is 0.167. The maximum Gasteiger partial charge on any atom is 0.492 e. The van der Waals surface area contributed by atoms with Crippen LogP contribution in [0.15, 0.2) is 12.1 Å². The van der Waals surface area contributed by atoms with Gasteiger partial charge in [-0.25, -0.2) is 4.39 Å². The van der Waals surface area contributed by atoms with Crippen LogP contribution in [0.1, 0.15) is 10.4 Å². The smallest absolute Gasteiger partial charge is 0.492 e. The van der Waals surface area contributed by atoms with E-state index in [1.54, 1.807) is 0 Å². The lowest BCUT2D eigenvalue weighted by Gasteiger charge is -2.10. The van der Waals surface area contributed by atoms with Crippen LogP contribution in [0.4, 0.5) is 4.39 Å². The molecule has 4 N–H and O–H groups in total. The van der Waals surface area contributed by atoms with Crippen molar-refractivity contribution < 1.29 is 24.0 Å². The topological polar surface area (TPSA) is 92.8 Å². The first-order valence-electron chi connectivity index (χ1n) is 4.01. The third-order valence-electron chi connectivity index (χ3n) is 1.88. The average Bonchev–Trinajstić information content (AvgIpc) is 2.16. The molecular formula is C8H9BFNO4. The second kappa shape index (κ2) is 4.29. The zero-order valence-corrected chi connectivity index (χ0v) is 7.90. The normalized spacial score (nSPS) is 9.87. The van der Waals surface area contributed by atoms with Gasteiger partial charge in [0.05, 0.1) is 12.7 Å². The number of primary amides is 1. The van der Waals surface area contributed by atoms with E-state index in [0.717, 1.165) is 19.2 Å². The molecule has 0 bridgehead atoms. The van der Waals surface area contributed by atoms with E-state index in [2.05, 4.69) is 4.74 Å². The molecule has 1 amide bonds. The fraction of sp³-hybridized carbons (Fsp3) is 0.125. The number of rotatable bonds is 3. The highest BCUT2D eigenvalue weighted by Gasteiger charge is 2.23. The minimum atomic E-state index is -1.88. The average molecular weight is 213 g/mol. The van der Waals surface area contributed by atoms with E-state index >= 15 is 0 Å². The van der Waals surface area contributed by atoms with Crippen molar-refractivity contribution in [1.82, 2.24) is 0 Å². The Kier molecular flexibility index (Phi) is 3.28.